The zero-order valence-electron chi connectivity index (χ0n) is 17.0. The molecule has 0 saturated carbocycles. The monoisotopic (exact) mass is 413 g/mol. The fraction of sp³-hybridized carbons (Fsp3) is 0.348. The number of esters is 1. The minimum atomic E-state index is -0.875. The molecule has 2 aromatic rings. The maximum Gasteiger partial charge on any atom is 0.408 e. The third kappa shape index (κ3) is 8.34. The van der Waals surface area contributed by atoms with Crippen LogP contribution in [0.2, 0.25) is 0 Å². The highest BCUT2D eigenvalue weighted by Gasteiger charge is 2.23. The highest BCUT2D eigenvalue weighted by atomic mass is 16.6. The van der Waals surface area contributed by atoms with Crippen molar-refractivity contribution in [1.82, 2.24) is 5.32 Å². The third-order valence-corrected chi connectivity index (χ3v) is 4.23. The van der Waals surface area contributed by atoms with Crippen molar-refractivity contribution < 1.29 is 28.6 Å². The molecular formula is C23H27NO6. The van der Waals surface area contributed by atoms with Gasteiger partial charge >= 0.3 is 12.1 Å². The predicted molar refractivity (Wildman–Crippen MR) is 111 cm³/mol. The first-order chi connectivity index (χ1) is 14.6. The molecule has 7 heteroatoms. The molecule has 0 heterocycles. The van der Waals surface area contributed by atoms with Crippen molar-refractivity contribution in [3.05, 3.63) is 65.7 Å². The Morgan fingerprint density at radius 1 is 1.00 bits per heavy atom. The van der Waals surface area contributed by atoms with Crippen LogP contribution in [-0.4, -0.2) is 37.6 Å². The number of carbonyl (C=O) groups is 3. The number of amides is 1. The number of rotatable bonds is 12. The largest absolute Gasteiger partial charge is 0.494 e. The number of benzene rings is 2. The average molecular weight is 413 g/mol. The third-order valence-electron chi connectivity index (χ3n) is 4.23. The Morgan fingerprint density at radius 3 is 2.40 bits per heavy atom. The van der Waals surface area contributed by atoms with E-state index >= 15 is 0 Å². The van der Waals surface area contributed by atoms with Crippen LogP contribution < -0.4 is 10.1 Å². The Hall–Kier alpha value is -3.35. The summed E-state index contributed by atoms with van der Waals surface area (Å²) in [6.45, 7) is 2.22. The summed E-state index contributed by atoms with van der Waals surface area (Å²) in [5.74, 6) is 0.0982. The second-order valence-corrected chi connectivity index (χ2v) is 6.50. The van der Waals surface area contributed by atoms with Gasteiger partial charge in [-0.25, -0.2) is 9.59 Å². The van der Waals surface area contributed by atoms with E-state index in [4.69, 9.17) is 14.2 Å². The van der Waals surface area contributed by atoms with Gasteiger partial charge in [-0.2, -0.15) is 0 Å². The van der Waals surface area contributed by atoms with E-state index in [9.17, 15) is 14.4 Å². The number of hydrogen-bond acceptors (Lipinski definition) is 6. The predicted octanol–water partition coefficient (Wildman–Crippen LogP) is 3.45. The highest BCUT2D eigenvalue weighted by Crippen LogP contribution is 2.14. The van der Waals surface area contributed by atoms with Crippen molar-refractivity contribution in [3.63, 3.8) is 0 Å². The first kappa shape index (κ1) is 22.9. The van der Waals surface area contributed by atoms with Crippen LogP contribution in [0.4, 0.5) is 4.79 Å². The summed E-state index contributed by atoms with van der Waals surface area (Å²) in [7, 11) is 0. The molecule has 0 saturated heterocycles. The summed E-state index contributed by atoms with van der Waals surface area (Å²) in [6, 6.07) is 15.8. The van der Waals surface area contributed by atoms with E-state index in [1.807, 2.05) is 42.5 Å². The lowest BCUT2D eigenvalue weighted by atomic mass is 10.1. The number of alkyl carbamates (subject to hydrolysis) is 1. The van der Waals surface area contributed by atoms with Crippen molar-refractivity contribution in [2.45, 2.75) is 38.8 Å². The smallest absolute Gasteiger partial charge is 0.408 e. The molecule has 0 aliphatic rings. The van der Waals surface area contributed by atoms with Crippen LogP contribution in [0.25, 0.3) is 0 Å². The molecule has 30 heavy (non-hydrogen) atoms. The van der Waals surface area contributed by atoms with E-state index in [0.29, 0.717) is 18.6 Å². The first-order valence-corrected chi connectivity index (χ1v) is 9.91. The Morgan fingerprint density at radius 2 is 1.73 bits per heavy atom. The van der Waals surface area contributed by atoms with Gasteiger partial charge < -0.3 is 24.3 Å². The quantitative estimate of drug-likeness (QED) is 0.423. The van der Waals surface area contributed by atoms with Crippen molar-refractivity contribution in [2.24, 2.45) is 0 Å². The topological polar surface area (TPSA) is 90.9 Å². The second kappa shape index (κ2) is 13.0. The summed E-state index contributed by atoms with van der Waals surface area (Å²) < 4.78 is 15.9. The van der Waals surface area contributed by atoms with Crippen LogP contribution in [0.5, 0.6) is 5.75 Å². The van der Waals surface area contributed by atoms with Gasteiger partial charge in [-0.15, -0.1) is 0 Å². The number of aldehydes is 1. The lowest BCUT2D eigenvalue weighted by Gasteiger charge is -2.17. The second-order valence-electron chi connectivity index (χ2n) is 6.50. The van der Waals surface area contributed by atoms with Crippen molar-refractivity contribution in [3.8, 4) is 5.75 Å². The van der Waals surface area contributed by atoms with Gasteiger partial charge in [0, 0.05) is 12.8 Å². The molecule has 1 atom stereocenters. The van der Waals surface area contributed by atoms with Gasteiger partial charge in [-0.1, -0.05) is 42.5 Å². The molecule has 7 nitrogen and oxygen atoms in total. The highest BCUT2D eigenvalue weighted by molar-refractivity contribution is 5.81. The molecule has 1 N–H and O–H groups in total. The van der Waals surface area contributed by atoms with E-state index in [-0.39, 0.29) is 26.2 Å². The fourth-order valence-electron chi connectivity index (χ4n) is 2.67. The van der Waals surface area contributed by atoms with E-state index in [1.165, 1.54) is 0 Å². The van der Waals surface area contributed by atoms with E-state index < -0.39 is 18.1 Å². The van der Waals surface area contributed by atoms with E-state index in [2.05, 4.69) is 5.32 Å². The maximum absolute atomic E-state index is 12.2. The van der Waals surface area contributed by atoms with Gasteiger partial charge in [0.25, 0.3) is 0 Å². The summed E-state index contributed by atoms with van der Waals surface area (Å²) in [6.07, 6.45) is 1.58. The minimum absolute atomic E-state index is 0.106. The summed E-state index contributed by atoms with van der Waals surface area (Å²) in [4.78, 5) is 34.7. The van der Waals surface area contributed by atoms with Gasteiger partial charge in [0.15, 0.2) is 0 Å². The standard InChI is InChI=1S/C23H27NO6/c1-2-28-22(26)21(24-23(27)30-17-19-7-4-3-5-8-19)14-16-29-20-12-10-18(11-13-20)9-6-15-25/h3-5,7-8,10-13,15,21H,2,6,9,14,16-17H2,1H3,(H,24,27)/t21-/m0/s1. The van der Waals surface area contributed by atoms with Crippen LogP contribution in [0, 0.1) is 0 Å². The van der Waals surface area contributed by atoms with Crippen LogP contribution in [0.3, 0.4) is 0 Å². The number of nitrogens with one attached hydrogen (secondary N) is 1. The van der Waals surface area contributed by atoms with E-state index in [0.717, 1.165) is 17.4 Å². The van der Waals surface area contributed by atoms with Crippen LogP contribution in [0.1, 0.15) is 30.9 Å². The lowest BCUT2D eigenvalue weighted by Crippen LogP contribution is -2.43. The SMILES string of the molecule is CCOC(=O)[C@H](CCOc1ccc(CCC=O)cc1)NC(=O)OCc1ccccc1. The van der Waals surface area contributed by atoms with Crippen LogP contribution in [-0.2, 0) is 32.1 Å². The molecular weight excluding hydrogens is 386 g/mol. The Balaban J connectivity index is 1.82. The normalized spacial score (nSPS) is 11.2. The van der Waals surface area contributed by atoms with Crippen LogP contribution >= 0.6 is 0 Å². The first-order valence-electron chi connectivity index (χ1n) is 9.91. The number of hydrogen-bond donors (Lipinski definition) is 1. The molecule has 0 spiro atoms. The Bertz CT molecular complexity index is 791. The Kier molecular flexibility index (Phi) is 9.92. The van der Waals surface area contributed by atoms with Crippen molar-refractivity contribution >= 4 is 18.3 Å². The van der Waals surface area contributed by atoms with Crippen molar-refractivity contribution in [2.75, 3.05) is 13.2 Å². The average Bonchev–Trinajstić information content (AvgIpc) is 2.77. The van der Waals surface area contributed by atoms with Gasteiger partial charge in [0.05, 0.1) is 13.2 Å². The molecule has 0 aromatic heterocycles. The number of aryl methyl sites for hydroxylation is 1. The van der Waals surface area contributed by atoms with Gasteiger partial charge in [-0.05, 0) is 36.6 Å². The molecule has 160 valence electrons. The number of ether oxygens (including phenoxy) is 3. The number of carbonyl (C=O) groups excluding carboxylic acids is 3. The molecule has 2 aromatic carbocycles. The molecule has 0 fully saturated rings. The molecule has 0 aliphatic carbocycles. The summed E-state index contributed by atoms with van der Waals surface area (Å²) >= 11 is 0. The molecule has 0 radical (unpaired) electrons. The summed E-state index contributed by atoms with van der Waals surface area (Å²) in [5, 5.41) is 2.54. The van der Waals surface area contributed by atoms with Gasteiger partial charge in [0.2, 0.25) is 0 Å². The zero-order chi connectivity index (χ0) is 21.6. The molecule has 1 amide bonds. The van der Waals surface area contributed by atoms with Crippen LogP contribution in [0.15, 0.2) is 54.6 Å². The minimum Gasteiger partial charge on any atom is -0.494 e. The molecule has 0 aliphatic heterocycles. The fourth-order valence-corrected chi connectivity index (χ4v) is 2.67. The Labute approximate surface area is 176 Å². The molecule has 0 bridgehead atoms. The van der Waals surface area contributed by atoms with Gasteiger partial charge in [-0.3, -0.25) is 0 Å². The molecule has 2 rings (SSSR count). The van der Waals surface area contributed by atoms with Crippen molar-refractivity contribution in [1.29, 1.82) is 0 Å². The molecule has 0 unspecified atom stereocenters. The zero-order valence-corrected chi connectivity index (χ0v) is 17.0. The maximum atomic E-state index is 12.2. The lowest BCUT2D eigenvalue weighted by molar-refractivity contribution is -0.145. The summed E-state index contributed by atoms with van der Waals surface area (Å²) in [5.41, 5.74) is 1.89. The van der Waals surface area contributed by atoms with E-state index in [1.54, 1.807) is 19.1 Å². The van der Waals surface area contributed by atoms with Gasteiger partial charge in [0.1, 0.15) is 24.7 Å².